The smallest absolute Gasteiger partial charge is 0.159 e. The van der Waals surface area contributed by atoms with Crippen LogP contribution >= 0.6 is 11.3 Å². The second-order valence-corrected chi connectivity index (χ2v) is 15.9. The highest BCUT2D eigenvalue weighted by molar-refractivity contribution is 7.26. The van der Waals surface area contributed by atoms with Crippen molar-refractivity contribution in [2.75, 3.05) is 4.90 Å². The summed E-state index contributed by atoms with van der Waals surface area (Å²) in [6.45, 7) is 0. The molecule has 272 valence electrons. The average molecular weight is 759 g/mol. The van der Waals surface area contributed by atoms with E-state index in [0.29, 0.717) is 0 Å². The van der Waals surface area contributed by atoms with E-state index >= 15 is 0 Å². The number of benzene rings is 9. The van der Waals surface area contributed by atoms with E-state index in [0.717, 1.165) is 55.8 Å². The predicted octanol–water partition coefficient (Wildman–Crippen LogP) is 15.9. The van der Waals surface area contributed by atoms with Crippen molar-refractivity contribution in [3.8, 4) is 27.9 Å². The van der Waals surface area contributed by atoms with Gasteiger partial charge in [-0.15, -0.1) is 11.3 Å². The molecule has 3 heterocycles. The molecule has 4 heteroatoms. The van der Waals surface area contributed by atoms with Gasteiger partial charge in [0, 0.05) is 53.0 Å². The summed E-state index contributed by atoms with van der Waals surface area (Å²) in [4.78, 5) is 2.38. The van der Waals surface area contributed by atoms with Gasteiger partial charge >= 0.3 is 0 Å². The molecule has 12 aromatic rings. The van der Waals surface area contributed by atoms with Crippen molar-refractivity contribution in [2.24, 2.45) is 0 Å². The van der Waals surface area contributed by atoms with E-state index in [1.54, 1.807) is 0 Å². The fourth-order valence-electron chi connectivity index (χ4n) is 9.02. The van der Waals surface area contributed by atoms with Gasteiger partial charge in [0.15, 0.2) is 5.58 Å². The molecular weight excluding hydrogens is 725 g/mol. The maximum atomic E-state index is 6.68. The number of thiophene rings is 1. The first-order chi connectivity index (χ1) is 28.8. The Balaban J connectivity index is 1.000. The molecule has 0 atom stereocenters. The van der Waals surface area contributed by atoms with Crippen LogP contribution in [0.3, 0.4) is 0 Å². The molecule has 0 aliphatic heterocycles. The minimum absolute atomic E-state index is 0.874. The summed E-state index contributed by atoms with van der Waals surface area (Å²) >= 11 is 1.84. The third-order valence-electron chi connectivity index (χ3n) is 11.6. The summed E-state index contributed by atoms with van der Waals surface area (Å²) in [7, 11) is 0. The highest BCUT2D eigenvalue weighted by atomic mass is 32.1. The molecule has 0 saturated carbocycles. The minimum atomic E-state index is 0.874. The summed E-state index contributed by atoms with van der Waals surface area (Å²) < 4.78 is 11.6. The monoisotopic (exact) mass is 758 g/mol. The first kappa shape index (κ1) is 32.8. The van der Waals surface area contributed by atoms with Crippen molar-refractivity contribution in [1.82, 2.24) is 4.57 Å². The van der Waals surface area contributed by atoms with Gasteiger partial charge in [0.1, 0.15) is 5.58 Å². The molecule has 0 bridgehead atoms. The molecule has 0 amide bonds. The van der Waals surface area contributed by atoms with E-state index in [-0.39, 0.29) is 0 Å². The SMILES string of the molecule is c1cc(-c2ccc(N(c3cccc4c3oc3ccccc34)c3cccc4sc5ccccc5c34)cc2)cc(-c2ccccc2-n2c3ccccc3c3ccccc32)c1. The average Bonchev–Trinajstić information content (AvgIpc) is 3.97. The van der Waals surface area contributed by atoms with Crippen LogP contribution in [0.4, 0.5) is 17.1 Å². The lowest BCUT2D eigenvalue weighted by Gasteiger charge is -2.26. The fraction of sp³-hybridized carbons (Fsp3) is 0. The van der Waals surface area contributed by atoms with E-state index in [2.05, 4.69) is 210 Å². The molecule has 58 heavy (non-hydrogen) atoms. The number of anilines is 3. The van der Waals surface area contributed by atoms with Crippen LogP contribution in [0.25, 0.3) is 91.9 Å². The molecule has 12 rings (SSSR count). The van der Waals surface area contributed by atoms with Gasteiger partial charge < -0.3 is 13.9 Å². The van der Waals surface area contributed by atoms with E-state index in [1.807, 2.05) is 17.4 Å². The van der Waals surface area contributed by atoms with Gasteiger partial charge in [-0.25, -0.2) is 0 Å². The molecule has 0 radical (unpaired) electrons. The largest absolute Gasteiger partial charge is 0.454 e. The second-order valence-electron chi connectivity index (χ2n) is 14.9. The molecule has 3 aromatic heterocycles. The molecule has 0 unspecified atom stereocenters. The zero-order valence-corrected chi connectivity index (χ0v) is 32.2. The second kappa shape index (κ2) is 13.1. The van der Waals surface area contributed by atoms with Crippen molar-refractivity contribution >= 4 is 92.3 Å². The van der Waals surface area contributed by atoms with Crippen LogP contribution < -0.4 is 4.90 Å². The summed E-state index contributed by atoms with van der Waals surface area (Å²) in [5, 5.41) is 7.25. The Morgan fingerprint density at radius 2 is 1.02 bits per heavy atom. The summed E-state index contributed by atoms with van der Waals surface area (Å²) in [6.07, 6.45) is 0. The first-order valence-electron chi connectivity index (χ1n) is 19.7. The maximum absolute atomic E-state index is 6.68. The Kier molecular flexibility index (Phi) is 7.40. The minimum Gasteiger partial charge on any atom is -0.454 e. The summed E-state index contributed by atoms with van der Waals surface area (Å²) in [6, 6.07) is 74.4. The fourth-order valence-corrected chi connectivity index (χ4v) is 10.1. The van der Waals surface area contributed by atoms with Crippen molar-refractivity contribution in [3.63, 3.8) is 0 Å². The first-order valence-corrected chi connectivity index (χ1v) is 20.5. The highest BCUT2D eigenvalue weighted by Crippen LogP contribution is 2.48. The molecule has 3 nitrogen and oxygen atoms in total. The molecule has 0 aliphatic rings. The molecule has 0 N–H and O–H groups in total. The number of nitrogens with zero attached hydrogens (tertiary/aromatic N) is 2. The quantitative estimate of drug-likeness (QED) is 0.168. The van der Waals surface area contributed by atoms with Crippen molar-refractivity contribution in [1.29, 1.82) is 0 Å². The molecular formula is C54H34N2OS. The number of furan rings is 1. The molecule has 9 aromatic carbocycles. The number of fused-ring (bicyclic) bond motifs is 9. The van der Waals surface area contributed by atoms with Crippen LogP contribution in [0.2, 0.25) is 0 Å². The predicted molar refractivity (Wildman–Crippen MR) is 247 cm³/mol. The van der Waals surface area contributed by atoms with E-state index < -0.39 is 0 Å². The van der Waals surface area contributed by atoms with Crippen LogP contribution in [0.5, 0.6) is 0 Å². The standard InChI is InChI=1S/C54H34N2OS/c1-6-22-45(56-46-23-7-2-17-40(46)41-18-3-8-24-47(41)56)39(16-1)37-15-11-14-36(34-37)35-30-32-38(33-31-35)55(48-25-13-29-52-53(48)44-20-5-10-28-51(44)58-52)49-26-12-21-43-42-19-4-9-27-50(42)57-54(43)49/h1-34H. The molecule has 0 saturated heterocycles. The molecule has 0 aliphatic carbocycles. The van der Waals surface area contributed by atoms with Gasteiger partial charge in [-0.05, 0) is 83.4 Å². The Labute approximate surface area is 338 Å². The Hall–Kier alpha value is -7.40. The lowest BCUT2D eigenvalue weighted by atomic mass is 9.97. The normalized spacial score (nSPS) is 11.8. The zero-order chi connectivity index (χ0) is 38.2. The lowest BCUT2D eigenvalue weighted by Crippen LogP contribution is -2.10. The van der Waals surface area contributed by atoms with Crippen LogP contribution in [0, 0.1) is 0 Å². The van der Waals surface area contributed by atoms with Gasteiger partial charge in [-0.2, -0.15) is 0 Å². The summed E-state index contributed by atoms with van der Waals surface area (Å²) in [5.74, 6) is 0. The highest BCUT2D eigenvalue weighted by Gasteiger charge is 2.23. The van der Waals surface area contributed by atoms with Gasteiger partial charge in [0.05, 0.1) is 28.1 Å². The number of aromatic nitrogens is 1. The topological polar surface area (TPSA) is 21.3 Å². The van der Waals surface area contributed by atoms with Gasteiger partial charge in [0.25, 0.3) is 0 Å². The Morgan fingerprint density at radius 1 is 0.414 bits per heavy atom. The van der Waals surface area contributed by atoms with Gasteiger partial charge in [0.2, 0.25) is 0 Å². The number of hydrogen-bond donors (Lipinski definition) is 0. The third kappa shape index (κ3) is 5.05. The summed E-state index contributed by atoms with van der Waals surface area (Å²) in [5.41, 5.74) is 13.2. The Bertz CT molecular complexity index is 3480. The number of para-hydroxylation sites is 5. The number of rotatable bonds is 6. The van der Waals surface area contributed by atoms with Gasteiger partial charge in [-0.1, -0.05) is 140 Å². The molecule has 0 fully saturated rings. The van der Waals surface area contributed by atoms with Crippen molar-refractivity contribution in [3.05, 3.63) is 206 Å². The maximum Gasteiger partial charge on any atom is 0.159 e. The van der Waals surface area contributed by atoms with Gasteiger partial charge in [-0.3, -0.25) is 0 Å². The number of hydrogen-bond acceptors (Lipinski definition) is 3. The van der Waals surface area contributed by atoms with Crippen LogP contribution in [0.1, 0.15) is 0 Å². The lowest BCUT2D eigenvalue weighted by molar-refractivity contribution is 0.669. The van der Waals surface area contributed by atoms with E-state index in [9.17, 15) is 0 Å². The third-order valence-corrected chi connectivity index (χ3v) is 12.7. The zero-order valence-electron chi connectivity index (χ0n) is 31.3. The van der Waals surface area contributed by atoms with Crippen molar-refractivity contribution < 1.29 is 4.42 Å². The Morgan fingerprint density at radius 3 is 1.84 bits per heavy atom. The molecule has 0 spiro atoms. The van der Waals surface area contributed by atoms with Crippen LogP contribution in [-0.4, -0.2) is 4.57 Å². The van der Waals surface area contributed by atoms with Crippen LogP contribution in [-0.2, 0) is 0 Å². The van der Waals surface area contributed by atoms with Crippen LogP contribution in [0.15, 0.2) is 211 Å². The van der Waals surface area contributed by atoms with Crippen molar-refractivity contribution in [2.45, 2.75) is 0 Å². The van der Waals surface area contributed by atoms with E-state index in [1.165, 1.54) is 53.1 Å². The van der Waals surface area contributed by atoms with E-state index in [4.69, 9.17) is 4.42 Å².